The molecule has 1 heterocycles. The van der Waals surface area contributed by atoms with Crippen molar-refractivity contribution in [3.05, 3.63) is 0 Å². The number of hydrogen-bond acceptors (Lipinski definition) is 2. The second-order valence-electron chi connectivity index (χ2n) is 2.63. The summed E-state index contributed by atoms with van der Waals surface area (Å²) in [5, 5.41) is 6.12. The van der Waals surface area contributed by atoms with Gasteiger partial charge in [0, 0.05) is 25.6 Å². The highest BCUT2D eigenvalue weighted by atomic mass is 16.1. The van der Waals surface area contributed by atoms with E-state index in [9.17, 15) is 4.79 Å². The van der Waals surface area contributed by atoms with Gasteiger partial charge in [-0.3, -0.25) is 4.79 Å². The van der Waals surface area contributed by atoms with E-state index >= 15 is 0 Å². The Kier molecular flexibility index (Phi) is 2.68. The Bertz CT molecular complexity index is 125. The van der Waals surface area contributed by atoms with E-state index in [0.717, 1.165) is 19.5 Å². The molecule has 0 aromatic carbocycles. The lowest BCUT2D eigenvalue weighted by Gasteiger charge is -2.11. The topological polar surface area (TPSA) is 41.1 Å². The van der Waals surface area contributed by atoms with Crippen LogP contribution in [0.3, 0.4) is 0 Å². The lowest BCUT2D eigenvalue weighted by molar-refractivity contribution is -0.121. The van der Waals surface area contributed by atoms with Gasteiger partial charge in [0.1, 0.15) is 0 Å². The second-order valence-corrected chi connectivity index (χ2v) is 2.63. The van der Waals surface area contributed by atoms with Gasteiger partial charge in [0.2, 0.25) is 5.91 Å². The molecule has 1 rings (SSSR count). The molecule has 0 saturated carbocycles. The summed E-state index contributed by atoms with van der Waals surface area (Å²) in [6.45, 7) is 3.82. The van der Waals surface area contributed by atoms with Crippen molar-refractivity contribution in [1.82, 2.24) is 10.6 Å². The summed E-state index contributed by atoms with van der Waals surface area (Å²) in [6, 6.07) is 0.343. The zero-order valence-electron chi connectivity index (χ0n) is 6.31. The molecule has 1 saturated heterocycles. The Morgan fingerprint density at radius 1 is 1.70 bits per heavy atom. The van der Waals surface area contributed by atoms with Crippen LogP contribution in [0.25, 0.3) is 0 Å². The van der Waals surface area contributed by atoms with E-state index in [1.807, 2.05) is 0 Å². The first-order valence-electron chi connectivity index (χ1n) is 3.83. The molecule has 0 aliphatic carbocycles. The molecule has 0 bridgehead atoms. The van der Waals surface area contributed by atoms with Crippen LogP contribution in [-0.4, -0.2) is 25.0 Å². The lowest BCUT2D eigenvalue weighted by atomic mass is 10.2. The van der Waals surface area contributed by atoms with Crippen molar-refractivity contribution < 1.29 is 4.79 Å². The Morgan fingerprint density at radius 2 is 2.50 bits per heavy atom. The second kappa shape index (κ2) is 3.56. The molecule has 0 aromatic heterocycles. The quantitative estimate of drug-likeness (QED) is 0.535. The number of rotatable bonds is 1. The number of nitrogens with one attached hydrogen (secondary N) is 2. The van der Waals surface area contributed by atoms with Gasteiger partial charge in [-0.05, 0) is 6.42 Å². The van der Waals surface area contributed by atoms with Crippen LogP contribution in [-0.2, 0) is 4.79 Å². The van der Waals surface area contributed by atoms with E-state index in [-0.39, 0.29) is 5.91 Å². The van der Waals surface area contributed by atoms with Gasteiger partial charge < -0.3 is 10.6 Å². The molecular weight excluding hydrogens is 128 g/mol. The van der Waals surface area contributed by atoms with Crippen molar-refractivity contribution >= 4 is 5.91 Å². The van der Waals surface area contributed by atoms with E-state index in [4.69, 9.17) is 0 Å². The average molecular weight is 142 g/mol. The fraction of sp³-hybridized carbons (Fsp3) is 0.857. The van der Waals surface area contributed by atoms with Crippen LogP contribution in [0.4, 0.5) is 0 Å². The Hall–Kier alpha value is -0.570. The Morgan fingerprint density at radius 3 is 3.20 bits per heavy atom. The molecule has 1 unspecified atom stereocenters. The van der Waals surface area contributed by atoms with Gasteiger partial charge in [-0.2, -0.15) is 0 Å². The summed E-state index contributed by atoms with van der Waals surface area (Å²) < 4.78 is 0. The van der Waals surface area contributed by atoms with Gasteiger partial charge in [-0.15, -0.1) is 0 Å². The van der Waals surface area contributed by atoms with Crippen LogP contribution in [0.15, 0.2) is 0 Å². The molecular formula is C7H14N2O. The molecule has 1 aliphatic rings. The zero-order chi connectivity index (χ0) is 7.40. The highest BCUT2D eigenvalue weighted by Crippen LogP contribution is 1.93. The molecule has 1 atom stereocenters. The Labute approximate surface area is 61.2 Å². The predicted molar refractivity (Wildman–Crippen MR) is 39.7 cm³/mol. The fourth-order valence-electron chi connectivity index (χ4n) is 1.08. The largest absolute Gasteiger partial charge is 0.352 e. The van der Waals surface area contributed by atoms with Crippen molar-refractivity contribution in [3.63, 3.8) is 0 Å². The maximum absolute atomic E-state index is 10.9. The molecule has 3 heteroatoms. The van der Waals surface area contributed by atoms with Crippen LogP contribution in [0.2, 0.25) is 0 Å². The molecule has 10 heavy (non-hydrogen) atoms. The van der Waals surface area contributed by atoms with Crippen molar-refractivity contribution in [3.8, 4) is 0 Å². The number of hydrogen-bond donors (Lipinski definition) is 2. The predicted octanol–water partition coefficient (Wildman–Crippen LogP) is -0.126. The first-order valence-corrected chi connectivity index (χ1v) is 3.83. The molecule has 3 nitrogen and oxygen atoms in total. The lowest BCUT2D eigenvalue weighted by Crippen LogP contribution is -2.36. The maximum atomic E-state index is 10.9. The Balaban J connectivity index is 2.38. The standard InChI is InChI=1S/C7H14N2O/c1-2-6-5-8-4-3-7(10)9-6/h6,8H,2-5H2,1H3,(H,9,10). The van der Waals surface area contributed by atoms with Crippen LogP contribution >= 0.6 is 0 Å². The third-order valence-electron chi connectivity index (χ3n) is 1.78. The van der Waals surface area contributed by atoms with Gasteiger partial charge in [-0.25, -0.2) is 0 Å². The molecule has 1 aliphatic heterocycles. The summed E-state index contributed by atoms with van der Waals surface area (Å²) >= 11 is 0. The number of amides is 1. The average Bonchev–Trinajstić information content (AvgIpc) is 2.13. The molecule has 1 amide bonds. The van der Waals surface area contributed by atoms with Gasteiger partial charge in [-0.1, -0.05) is 6.92 Å². The van der Waals surface area contributed by atoms with Crippen LogP contribution in [0.5, 0.6) is 0 Å². The molecule has 0 radical (unpaired) electrons. The smallest absolute Gasteiger partial charge is 0.221 e. The summed E-state index contributed by atoms with van der Waals surface area (Å²) in [7, 11) is 0. The van der Waals surface area contributed by atoms with E-state index in [1.165, 1.54) is 0 Å². The third kappa shape index (κ3) is 1.99. The van der Waals surface area contributed by atoms with Crippen molar-refractivity contribution in [1.29, 1.82) is 0 Å². The molecule has 58 valence electrons. The maximum Gasteiger partial charge on any atom is 0.221 e. The van der Waals surface area contributed by atoms with Crippen LogP contribution in [0, 0.1) is 0 Å². The molecule has 0 aromatic rings. The van der Waals surface area contributed by atoms with Crippen LogP contribution < -0.4 is 10.6 Å². The summed E-state index contributed by atoms with van der Waals surface area (Å²) in [5.74, 6) is 0.178. The minimum Gasteiger partial charge on any atom is -0.352 e. The van der Waals surface area contributed by atoms with Crippen molar-refractivity contribution in [2.45, 2.75) is 25.8 Å². The fourth-order valence-corrected chi connectivity index (χ4v) is 1.08. The number of carbonyl (C=O) groups is 1. The first-order chi connectivity index (χ1) is 4.83. The highest BCUT2D eigenvalue weighted by Gasteiger charge is 2.12. The van der Waals surface area contributed by atoms with E-state index in [0.29, 0.717) is 12.5 Å². The van der Waals surface area contributed by atoms with Gasteiger partial charge in [0.05, 0.1) is 0 Å². The minimum absolute atomic E-state index is 0.178. The zero-order valence-corrected chi connectivity index (χ0v) is 6.31. The molecule has 2 N–H and O–H groups in total. The van der Waals surface area contributed by atoms with Gasteiger partial charge in [0.25, 0.3) is 0 Å². The van der Waals surface area contributed by atoms with E-state index < -0.39 is 0 Å². The first kappa shape index (κ1) is 7.54. The van der Waals surface area contributed by atoms with Crippen LogP contribution in [0.1, 0.15) is 19.8 Å². The third-order valence-corrected chi connectivity index (χ3v) is 1.78. The summed E-state index contributed by atoms with van der Waals surface area (Å²) in [6.07, 6.45) is 1.63. The summed E-state index contributed by atoms with van der Waals surface area (Å²) in [4.78, 5) is 10.9. The molecule has 1 fully saturated rings. The number of carbonyl (C=O) groups excluding carboxylic acids is 1. The minimum atomic E-state index is 0.178. The summed E-state index contributed by atoms with van der Waals surface area (Å²) in [5.41, 5.74) is 0. The van der Waals surface area contributed by atoms with E-state index in [2.05, 4.69) is 17.6 Å². The highest BCUT2D eigenvalue weighted by molar-refractivity contribution is 5.76. The SMILES string of the molecule is CCC1CNCCC(=O)N1. The van der Waals surface area contributed by atoms with Gasteiger partial charge in [0.15, 0.2) is 0 Å². The van der Waals surface area contributed by atoms with Gasteiger partial charge >= 0.3 is 0 Å². The van der Waals surface area contributed by atoms with Crippen molar-refractivity contribution in [2.75, 3.05) is 13.1 Å². The molecule has 0 spiro atoms. The normalized spacial score (nSPS) is 27.3. The van der Waals surface area contributed by atoms with E-state index in [1.54, 1.807) is 0 Å². The van der Waals surface area contributed by atoms with Crippen molar-refractivity contribution in [2.24, 2.45) is 0 Å². The monoisotopic (exact) mass is 142 g/mol.